The van der Waals surface area contributed by atoms with Crippen LogP contribution in [-0.2, 0) is 57.7 Å². The van der Waals surface area contributed by atoms with Crippen molar-refractivity contribution in [2.45, 2.75) is 94.7 Å². The molecule has 3 aromatic carbocycles. The predicted molar refractivity (Wildman–Crippen MR) is 186 cm³/mol. The fourth-order valence-corrected chi connectivity index (χ4v) is 6.79. The number of H-pyrrole nitrogens is 1. The van der Waals surface area contributed by atoms with Crippen molar-refractivity contribution in [1.82, 2.24) is 9.55 Å². The molecule has 0 unspecified atom stereocenters. The van der Waals surface area contributed by atoms with Gasteiger partial charge in [0.15, 0.2) is 18.3 Å². The van der Waals surface area contributed by atoms with E-state index in [4.69, 9.17) is 37.9 Å². The summed E-state index contributed by atoms with van der Waals surface area (Å²) in [5, 5.41) is 11.9. The van der Waals surface area contributed by atoms with E-state index in [0.717, 1.165) is 16.7 Å². The van der Waals surface area contributed by atoms with Gasteiger partial charge < -0.3 is 43.0 Å². The number of hydrogen-bond acceptors (Lipinski definition) is 11. The first-order chi connectivity index (χ1) is 25.2. The van der Waals surface area contributed by atoms with Crippen LogP contribution >= 0.6 is 0 Å². The Morgan fingerprint density at radius 2 is 1.27 bits per heavy atom. The number of nitrogens with one attached hydrogen (secondary N) is 1. The molecule has 3 saturated heterocycles. The first kappa shape index (κ1) is 36.3. The minimum absolute atomic E-state index is 0.0878. The smallest absolute Gasteiger partial charge is 0.330 e. The number of hydrogen-bond donors (Lipinski definition) is 2. The van der Waals surface area contributed by atoms with Gasteiger partial charge in [0.1, 0.15) is 42.7 Å². The Labute approximate surface area is 300 Å². The molecule has 2 N–H and O–H groups in total. The van der Waals surface area contributed by atoms with Crippen LogP contribution in [0.4, 0.5) is 0 Å². The second kappa shape index (κ2) is 16.3. The molecule has 13 nitrogen and oxygen atoms in total. The molecule has 0 aliphatic carbocycles. The average Bonchev–Trinajstić information content (AvgIpc) is 3.64. The lowest BCUT2D eigenvalue weighted by molar-refractivity contribution is -0.324. The fraction of sp³-hybridized carbons (Fsp3) is 0.436. The van der Waals surface area contributed by atoms with Crippen molar-refractivity contribution in [2.24, 2.45) is 0 Å². The van der Waals surface area contributed by atoms with Gasteiger partial charge in [-0.15, -0.1) is 0 Å². The van der Waals surface area contributed by atoms with Crippen molar-refractivity contribution in [2.75, 3.05) is 13.2 Å². The Kier molecular flexibility index (Phi) is 11.4. The third kappa shape index (κ3) is 8.60. The second-order valence-corrected chi connectivity index (χ2v) is 13.5. The zero-order valence-electron chi connectivity index (χ0n) is 29.0. The molecular weight excluding hydrogens is 672 g/mol. The van der Waals surface area contributed by atoms with Crippen LogP contribution in [0, 0.1) is 0 Å². The van der Waals surface area contributed by atoms with Crippen LogP contribution in [0.5, 0.6) is 0 Å². The first-order valence-electron chi connectivity index (χ1n) is 17.4. The molecule has 3 aliphatic rings. The Morgan fingerprint density at radius 3 is 1.88 bits per heavy atom. The van der Waals surface area contributed by atoms with E-state index in [1.807, 2.05) is 91.0 Å². The van der Waals surface area contributed by atoms with Crippen LogP contribution in [0.2, 0.25) is 0 Å². The standard InChI is InChI=1S/C39H44N2O11/c1-39(2)51-33-29(49-36(35(33)52-39)41-19-18-30(42)40-38(41)44)24-48-37-31(43)34(47-22-27-16-10-5-11-17-27)32(46-21-26-14-8-4-9-15-26)28(50-37)23-45-20-25-12-6-3-7-13-25/h3-19,28-29,31-37,43H,20-24H2,1-2H3,(H,40,42,44)/t28-,29-,31-,32-,33-,34-,35-,36-,37+/m1/s1. The molecule has 1 aromatic heterocycles. The highest BCUT2D eigenvalue weighted by atomic mass is 16.8. The molecule has 0 amide bonds. The summed E-state index contributed by atoms with van der Waals surface area (Å²) in [5.41, 5.74) is 1.70. The number of nitrogens with zero attached hydrogens (tertiary/aromatic N) is 1. The van der Waals surface area contributed by atoms with Gasteiger partial charge in [-0.05, 0) is 30.5 Å². The topological polar surface area (TPSA) is 149 Å². The van der Waals surface area contributed by atoms with E-state index in [1.54, 1.807) is 13.8 Å². The summed E-state index contributed by atoms with van der Waals surface area (Å²) in [6, 6.07) is 30.4. The predicted octanol–water partition coefficient (Wildman–Crippen LogP) is 3.44. The Morgan fingerprint density at radius 1 is 0.692 bits per heavy atom. The molecule has 4 aromatic rings. The SMILES string of the molecule is CC1(C)O[C@@H]2[C@H](O1)[C@@H](CO[C@H]1O[C@H](COCc3ccccc3)[C@@H](OCc3ccccc3)[C@H](OCc3ccccc3)[C@H]1O)O[C@H]2n1ccc(=O)[nH]c1=O. The second-order valence-electron chi connectivity index (χ2n) is 13.5. The number of aliphatic hydroxyl groups is 1. The maximum atomic E-state index is 12.7. The van der Waals surface area contributed by atoms with Crippen LogP contribution in [0.15, 0.2) is 113 Å². The van der Waals surface area contributed by atoms with Crippen molar-refractivity contribution in [3.8, 4) is 0 Å². The Hall–Kier alpha value is -4.02. The molecule has 0 radical (unpaired) electrons. The van der Waals surface area contributed by atoms with E-state index < -0.39 is 72.3 Å². The molecule has 7 rings (SSSR count). The summed E-state index contributed by atoms with van der Waals surface area (Å²) >= 11 is 0. The number of rotatable bonds is 14. The van der Waals surface area contributed by atoms with Crippen molar-refractivity contribution in [3.63, 3.8) is 0 Å². The molecule has 9 atom stereocenters. The summed E-state index contributed by atoms with van der Waals surface area (Å²) in [6.07, 6.45) is -6.33. The molecule has 0 bridgehead atoms. The number of benzene rings is 3. The lowest BCUT2D eigenvalue weighted by atomic mass is 9.98. The molecule has 52 heavy (non-hydrogen) atoms. The summed E-state index contributed by atoms with van der Waals surface area (Å²) in [4.78, 5) is 26.8. The largest absolute Gasteiger partial charge is 0.385 e. The highest BCUT2D eigenvalue weighted by molar-refractivity contribution is 5.15. The van der Waals surface area contributed by atoms with Crippen LogP contribution in [-0.4, -0.2) is 82.7 Å². The quantitative estimate of drug-likeness (QED) is 0.198. The Bertz CT molecular complexity index is 1840. The highest BCUT2D eigenvalue weighted by Crippen LogP contribution is 2.43. The molecule has 0 spiro atoms. The van der Waals surface area contributed by atoms with E-state index in [0.29, 0.717) is 6.61 Å². The van der Waals surface area contributed by atoms with Gasteiger partial charge in [-0.25, -0.2) is 4.79 Å². The fourth-order valence-electron chi connectivity index (χ4n) is 6.79. The molecule has 3 fully saturated rings. The van der Waals surface area contributed by atoms with E-state index in [1.165, 1.54) is 16.8 Å². The normalized spacial score (nSPS) is 29.6. The minimum atomic E-state index is -1.28. The van der Waals surface area contributed by atoms with E-state index in [-0.39, 0.29) is 26.4 Å². The van der Waals surface area contributed by atoms with Crippen LogP contribution < -0.4 is 11.2 Å². The number of ether oxygens (including phenoxy) is 8. The van der Waals surface area contributed by atoms with E-state index in [9.17, 15) is 14.7 Å². The van der Waals surface area contributed by atoms with Crippen molar-refractivity contribution >= 4 is 0 Å². The Balaban J connectivity index is 1.11. The van der Waals surface area contributed by atoms with Crippen LogP contribution in [0.3, 0.4) is 0 Å². The molecule has 0 saturated carbocycles. The lowest BCUT2D eigenvalue weighted by Gasteiger charge is -2.44. The van der Waals surface area contributed by atoms with E-state index >= 15 is 0 Å². The van der Waals surface area contributed by atoms with Gasteiger partial charge in [0, 0.05) is 12.3 Å². The third-order valence-corrected chi connectivity index (χ3v) is 9.25. The summed E-state index contributed by atoms with van der Waals surface area (Å²) in [5.74, 6) is -0.969. The molecule has 4 heterocycles. The van der Waals surface area contributed by atoms with Gasteiger partial charge in [0.05, 0.1) is 33.0 Å². The zero-order chi connectivity index (χ0) is 36.1. The van der Waals surface area contributed by atoms with Gasteiger partial charge in [-0.2, -0.15) is 0 Å². The third-order valence-electron chi connectivity index (χ3n) is 9.25. The van der Waals surface area contributed by atoms with Crippen molar-refractivity contribution < 1.29 is 43.0 Å². The summed E-state index contributed by atoms with van der Waals surface area (Å²) < 4.78 is 51.7. The van der Waals surface area contributed by atoms with Gasteiger partial charge >= 0.3 is 5.69 Å². The average molecular weight is 717 g/mol. The monoisotopic (exact) mass is 716 g/mol. The maximum Gasteiger partial charge on any atom is 0.330 e. The van der Waals surface area contributed by atoms with Crippen molar-refractivity contribution in [1.29, 1.82) is 0 Å². The number of aromatic nitrogens is 2. The molecule has 276 valence electrons. The van der Waals surface area contributed by atoms with Gasteiger partial charge in [-0.3, -0.25) is 14.3 Å². The maximum absolute atomic E-state index is 12.7. The van der Waals surface area contributed by atoms with Gasteiger partial charge in [-0.1, -0.05) is 91.0 Å². The summed E-state index contributed by atoms with van der Waals surface area (Å²) in [7, 11) is 0. The number of aliphatic hydroxyl groups excluding tert-OH is 1. The zero-order valence-corrected chi connectivity index (χ0v) is 29.0. The molecule has 3 aliphatic heterocycles. The van der Waals surface area contributed by atoms with Gasteiger partial charge in [0.25, 0.3) is 5.56 Å². The minimum Gasteiger partial charge on any atom is -0.385 e. The molecular formula is C39H44N2O11. The lowest BCUT2D eigenvalue weighted by Crippen LogP contribution is -2.61. The van der Waals surface area contributed by atoms with Gasteiger partial charge in [0.2, 0.25) is 0 Å². The molecule has 13 heteroatoms. The van der Waals surface area contributed by atoms with Crippen molar-refractivity contribution in [3.05, 3.63) is 141 Å². The summed E-state index contributed by atoms with van der Waals surface area (Å²) in [6.45, 7) is 4.39. The van der Waals surface area contributed by atoms with E-state index in [2.05, 4.69) is 4.98 Å². The highest BCUT2D eigenvalue weighted by Gasteiger charge is 2.57. The first-order valence-corrected chi connectivity index (χ1v) is 17.4. The van der Waals surface area contributed by atoms with Crippen LogP contribution in [0.1, 0.15) is 36.8 Å². The van der Waals surface area contributed by atoms with Crippen LogP contribution in [0.25, 0.3) is 0 Å². The number of fused-ring (bicyclic) bond motifs is 1. The number of aromatic amines is 1.